The topological polar surface area (TPSA) is 47.0 Å². The summed E-state index contributed by atoms with van der Waals surface area (Å²) in [4.78, 5) is 0. The normalized spacial score (nSPS) is 14.8. The highest BCUT2D eigenvalue weighted by Gasteiger charge is 2.22. The molecule has 1 unspecified atom stereocenters. The third kappa shape index (κ3) is 2.31. The molecule has 1 atom stereocenters. The number of para-hydroxylation sites is 1. The molecule has 3 rings (SSSR count). The van der Waals surface area contributed by atoms with Gasteiger partial charge in [0.2, 0.25) is 0 Å². The first-order valence-corrected chi connectivity index (χ1v) is 6.64. The summed E-state index contributed by atoms with van der Waals surface area (Å²) < 4.78 is 5.80. The van der Waals surface area contributed by atoms with E-state index in [1.54, 1.807) is 6.20 Å². The first-order chi connectivity index (χ1) is 9.40. The van der Waals surface area contributed by atoms with E-state index in [4.69, 9.17) is 4.74 Å². The summed E-state index contributed by atoms with van der Waals surface area (Å²) in [6.45, 7) is 3.77. The van der Waals surface area contributed by atoms with Gasteiger partial charge >= 0.3 is 0 Å². The minimum atomic E-state index is 0.105. The van der Waals surface area contributed by atoms with Crippen LogP contribution in [0.5, 0.6) is 5.75 Å². The molecule has 0 spiro atoms. The fourth-order valence-corrected chi connectivity index (χ4v) is 2.55. The van der Waals surface area contributed by atoms with E-state index >= 15 is 0 Å². The molecular weight excluding hydrogens is 238 g/mol. The Morgan fingerprint density at radius 2 is 2.26 bits per heavy atom. The summed E-state index contributed by atoms with van der Waals surface area (Å²) in [5.41, 5.74) is 3.59. The average Bonchev–Trinajstić information content (AvgIpc) is 2.94. The summed E-state index contributed by atoms with van der Waals surface area (Å²) in [5, 5.41) is 11.3. The van der Waals surface area contributed by atoms with E-state index in [0.717, 1.165) is 30.9 Å². The van der Waals surface area contributed by atoms with Gasteiger partial charge in [0.15, 0.2) is 0 Å². The van der Waals surface area contributed by atoms with E-state index < -0.39 is 0 Å². The van der Waals surface area contributed by atoms with Crippen LogP contribution in [-0.4, -0.2) is 23.3 Å². The lowest BCUT2D eigenvalue weighted by atomic mass is 9.97. The Hall–Kier alpha value is -1.94. The van der Waals surface area contributed by atoms with Crippen molar-refractivity contribution >= 4 is 0 Å². The predicted molar refractivity (Wildman–Crippen MR) is 73.2 cm³/mol. The molecule has 2 aromatic rings. The van der Waals surface area contributed by atoms with E-state index in [-0.39, 0.29) is 6.04 Å². The highest BCUT2D eigenvalue weighted by molar-refractivity contribution is 5.48. The highest BCUT2D eigenvalue weighted by Crippen LogP contribution is 2.35. The number of hydrogen-bond donors (Lipinski definition) is 1. The third-order valence-corrected chi connectivity index (χ3v) is 3.40. The standard InChI is InChI=1S/C15H17N3O/c1-2-16-14(12-6-8-17-18-10-12)13-5-3-4-11-7-9-19-15(11)13/h3-6,8,10,14,16H,2,7,9H2,1H3. The average molecular weight is 255 g/mol. The molecule has 2 heterocycles. The lowest BCUT2D eigenvalue weighted by molar-refractivity contribution is 0.350. The Kier molecular flexibility index (Phi) is 3.42. The fraction of sp³-hybridized carbons (Fsp3) is 0.333. The maximum absolute atomic E-state index is 5.80. The van der Waals surface area contributed by atoms with Crippen molar-refractivity contribution < 1.29 is 4.74 Å². The first-order valence-electron chi connectivity index (χ1n) is 6.64. The van der Waals surface area contributed by atoms with Gasteiger partial charge < -0.3 is 10.1 Å². The molecule has 1 aromatic heterocycles. The monoisotopic (exact) mass is 255 g/mol. The molecule has 4 nitrogen and oxygen atoms in total. The minimum absolute atomic E-state index is 0.105. The van der Waals surface area contributed by atoms with Crippen molar-refractivity contribution in [1.29, 1.82) is 0 Å². The Bertz CT molecular complexity index is 557. The SMILES string of the molecule is CCNC(c1ccnnc1)c1cccc2c1OCC2. The zero-order valence-electron chi connectivity index (χ0n) is 11.0. The number of ether oxygens (including phenoxy) is 1. The molecule has 0 fully saturated rings. The molecule has 1 aliphatic heterocycles. The van der Waals surface area contributed by atoms with Gasteiger partial charge in [-0.25, -0.2) is 0 Å². The maximum atomic E-state index is 5.80. The first kappa shape index (κ1) is 12.1. The second kappa shape index (κ2) is 5.36. The molecule has 0 saturated heterocycles. The molecule has 1 aliphatic rings. The van der Waals surface area contributed by atoms with Crippen LogP contribution in [0, 0.1) is 0 Å². The number of fused-ring (bicyclic) bond motifs is 1. The van der Waals surface area contributed by atoms with Gasteiger partial charge in [0, 0.05) is 18.2 Å². The van der Waals surface area contributed by atoms with Gasteiger partial charge in [0.05, 0.1) is 18.8 Å². The summed E-state index contributed by atoms with van der Waals surface area (Å²) in [7, 11) is 0. The smallest absolute Gasteiger partial charge is 0.127 e. The van der Waals surface area contributed by atoms with E-state index in [1.807, 2.05) is 12.3 Å². The quantitative estimate of drug-likeness (QED) is 0.909. The zero-order valence-corrected chi connectivity index (χ0v) is 11.0. The van der Waals surface area contributed by atoms with Crippen molar-refractivity contribution in [3.8, 4) is 5.75 Å². The summed E-state index contributed by atoms with van der Waals surface area (Å²) >= 11 is 0. The largest absolute Gasteiger partial charge is 0.493 e. The molecule has 0 amide bonds. The van der Waals surface area contributed by atoms with Crippen LogP contribution >= 0.6 is 0 Å². The second-order valence-electron chi connectivity index (χ2n) is 4.60. The Morgan fingerprint density at radius 1 is 1.32 bits per heavy atom. The molecule has 19 heavy (non-hydrogen) atoms. The number of aromatic nitrogens is 2. The van der Waals surface area contributed by atoms with Crippen LogP contribution in [0.25, 0.3) is 0 Å². The van der Waals surface area contributed by atoms with Crippen LogP contribution in [0.3, 0.4) is 0 Å². The molecular formula is C15H17N3O. The Labute approximate surface area is 112 Å². The molecule has 0 radical (unpaired) electrons. The lowest BCUT2D eigenvalue weighted by Crippen LogP contribution is -2.22. The summed E-state index contributed by atoms with van der Waals surface area (Å²) in [6, 6.07) is 8.46. The molecule has 1 N–H and O–H groups in total. The number of rotatable bonds is 4. The number of hydrogen-bond acceptors (Lipinski definition) is 4. The van der Waals surface area contributed by atoms with Crippen molar-refractivity contribution in [3.05, 3.63) is 53.3 Å². The lowest BCUT2D eigenvalue weighted by Gasteiger charge is -2.20. The highest BCUT2D eigenvalue weighted by atomic mass is 16.5. The van der Waals surface area contributed by atoms with Gasteiger partial charge in [-0.05, 0) is 23.7 Å². The molecule has 0 saturated carbocycles. The maximum Gasteiger partial charge on any atom is 0.127 e. The molecule has 4 heteroatoms. The van der Waals surface area contributed by atoms with Crippen LogP contribution in [0.15, 0.2) is 36.7 Å². The second-order valence-corrected chi connectivity index (χ2v) is 4.60. The van der Waals surface area contributed by atoms with Crippen molar-refractivity contribution in [1.82, 2.24) is 15.5 Å². The van der Waals surface area contributed by atoms with Crippen molar-refractivity contribution in [2.24, 2.45) is 0 Å². The van der Waals surface area contributed by atoms with Gasteiger partial charge in [-0.3, -0.25) is 0 Å². The van der Waals surface area contributed by atoms with E-state index in [0.29, 0.717) is 0 Å². The van der Waals surface area contributed by atoms with Gasteiger partial charge in [0.25, 0.3) is 0 Å². The number of nitrogens with one attached hydrogen (secondary N) is 1. The van der Waals surface area contributed by atoms with Crippen molar-refractivity contribution in [2.75, 3.05) is 13.2 Å². The van der Waals surface area contributed by atoms with Crippen LogP contribution < -0.4 is 10.1 Å². The van der Waals surface area contributed by atoms with Crippen LogP contribution in [0.4, 0.5) is 0 Å². The molecule has 98 valence electrons. The van der Waals surface area contributed by atoms with Crippen LogP contribution in [0.2, 0.25) is 0 Å². The van der Waals surface area contributed by atoms with E-state index in [9.17, 15) is 0 Å². The minimum Gasteiger partial charge on any atom is -0.493 e. The van der Waals surface area contributed by atoms with Gasteiger partial charge in [-0.15, -0.1) is 0 Å². The van der Waals surface area contributed by atoms with Crippen LogP contribution in [0.1, 0.15) is 29.7 Å². The molecule has 1 aromatic carbocycles. The number of nitrogens with zero attached hydrogens (tertiary/aromatic N) is 2. The summed E-state index contributed by atoms with van der Waals surface area (Å²) in [6.07, 6.45) is 4.53. The predicted octanol–water partition coefficient (Wildman–Crippen LogP) is 2.11. The van der Waals surface area contributed by atoms with Gasteiger partial charge in [-0.1, -0.05) is 25.1 Å². The Balaban J connectivity index is 2.04. The van der Waals surface area contributed by atoms with Gasteiger partial charge in [-0.2, -0.15) is 10.2 Å². The molecule has 0 aliphatic carbocycles. The Morgan fingerprint density at radius 3 is 3.05 bits per heavy atom. The van der Waals surface area contributed by atoms with Crippen molar-refractivity contribution in [2.45, 2.75) is 19.4 Å². The zero-order chi connectivity index (χ0) is 13.1. The number of benzene rings is 1. The van der Waals surface area contributed by atoms with Gasteiger partial charge in [0.1, 0.15) is 5.75 Å². The third-order valence-electron chi connectivity index (χ3n) is 3.40. The van der Waals surface area contributed by atoms with E-state index in [1.165, 1.54) is 11.1 Å². The van der Waals surface area contributed by atoms with Crippen LogP contribution in [-0.2, 0) is 6.42 Å². The molecule has 0 bridgehead atoms. The van der Waals surface area contributed by atoms with Crippen molar-refractivity contribution in [3.63, 3.8) is 0 Å². The summed E-state index contributed by atoms with van der Waals surface area (Å²) in [5.74, 6) is 1.03. The van der Waals surface area contributed by atoms with E-state index in [2.05, 4.69) is 40.6 Å². The fourth-order valence-electron chi connectivity index (χ4n) is 2.55.